The molecule has 0 aliphatic carbocycles. The van der Waals surface area contributed by atoms with Crippen LogP contribution in [0, 0.1) is 3.77 Å². The first kappa shape index (κ1) is 13.3. The Morgan fingerprint density at radius 1 is 1.28 bits per heavy atom. The Labute approximate surface area is 121 Å². The fourth-order valence-electron chi connectivity index (χ4n) is 1.55. The Morgan fingerprint density at radius 2 is 2.17 bits per heavy atom. The predicted octanol–water partition coefficient (Wildman–Crippen LogP) is 4.29. The number of furan rings is 1. The zero-order valence-electron chi connectivity index (χ0n) is 10.3. The van der Waals surface area contributed by atoms with Crippen LogP contribution in [0.1, 0.15) is 19.1 Å². The maximum absolute atomic E-state index is 5.59. The lowest BCUT2D eigenvalue weighted by atomic mass is 10.3. The fraction of sp³-hybridized carbons (Fsp3) is 0.286. The molecule has 18 heavy (non-hydrogen) atoms. The van der Waals surface area contributed by atoms with Gasteiger partial charge in [-0.05, 0) is 53.3 Å². The molecule has 1 aromatic carbocycles. The third-order valence-corrected chi connectivity index (χ3v) is 2.98. The summed E-state index contributed by atoms with van der Waals surface area (Å²) in [5.41, 5.74) is 1.04. The number of hydrogen-bond donors (Lipinski definition) is 1. The van der Waals surface area contributed by atoms with Crippen LogP contribution >= 0.6 is 22.6 Å². The van der Waals surface area contributed by atoms with Crippen LogP contribution in [0.5, 0.6) is 5.75 Å². The summed E-state index contributed by atoms with van der Waals surface area (Å²) in [4.78, 5) is 0. The smallest absolute Gasteiger partial charge is 0.164 e. The van der Waals surface area contributed by atoms with E-state index >= 15 is 0 Å². The third-order valence-electron chi connectivity index (χ3n) is 2.40. The number of benzene rings is 1. The van der Waals surface area contributed by atoms with Crippen LogP contribution in [0.25, 0.3) is 0 Å². The van der Waals surface area contributed by atoms with Gasteiger partial charge in [-0.15, -0.1) is 0 Å². The Bertz CT molecular complexity index is 496. The highest BCUT2D eigenvalue weighted by atomic mass is 127. The van der Waals surface area contributed by atoms with Crippen molar-refractivity contribution in [3.05, 3.63) is 45.9 Å². The Kier molecular flexibility index (Phi) is 4.92. The second-order valence-corrected chi connectivity index (χ2v) is 5.00. The lowest BCUT2D eigenvalue weighted by molar-refractivity contribution is 0.317. The highest BCUT2D eigenvalue weighted by Crippen LogP contribution is 2.19. The maximum Gasteiger partial charge on any atom is 0.164 e. The summed E-state index contributed by atoms with van der Waals surface area (Å²) in [6.45, 7) is 3.53. The van der Waals surface area contributed by atoms with E-state index < -0.39 is 0 Å². The summed E-state index contributed by atoms with van der Waals surface area (Å²) in [5, 5.41) is 3.31. The van der Waals surface area contributed by atoms with Gasteiger partial charge in [0.15, 0.2) is 3.77 Å². The molecule has 1 heterocycles. The minimum Gasteiger partial charge on any atom is -0.494 e. The van der Waals surface area contributed by atoms with E-state index in [0.29, 0.717) is 6.54 Å². The van der Waals surface area contributed by atoms with Crippen LogP contribution < -0.4 is 10.1 Å². The quantitative estimate of drug-likeness (QED) is 0.784. The molecule has 2 aromatic rings. The van der Waals surface area contributed by atoms with Gasteiger partial charge in [-0.1, -0.05) is 13.0 Å². The molecule has 0 radical (unpaired) electrons. The van der Waals surface area contributed by atoms with E-state index in [1.54, 1.807) is 0 Å². The largest absolute Gasteiger partial charge is 0.494 e. The Hall–Kier alpha value is -1.17. The molecular formula is C14H16INO2. The number of hydrogen-bond acceptors (Lipinski definition) is 3. The van der Waals surface area contributed by atoms with Gasteiger partial charge < -0.3 is 14.5 Å². The normalized spacial score (nSPS) is 10.3. The predicted molar refractivity (Wildman–Crippen MR) is 81.0 cm³/mol. The van der Waals surface area contributed by atoms with Gasteiger partial charge in [-0.25, -0.2) is 0 Å². The van der Waals surface area contributed by atoms with Gasteiger partial charge in [0.2, 0.25) is 0 Å². The topological polar surface area (TPSA) is 34.4 Å². The number of rotatable bonds is 6. The highest BCUT2D eigenvalue weighted by molar-refractivity contribution is 14.1. The van der Waals surface area contributed by atoms with Gasteiger partial charge in [-0.3, -0.25) is 0 Å². The fourth-order valence-corrected chi connectivity index (χ4v) is 2.01. The average Bonchev–Trinajstić information content (AvgIpc) is 2.80. The Morgan fingerprint density at radius 3 is 2.89 bits per heavy atom. The molecule has 0 fully saturated rings. The summed E-state index contributed by atoms with van der Waals surface area (Å²) >= 11 is 2.16. The van der Waals surface area contributed by atoms with Gasteiger partial charge in [0.05, 0.1) is 13.2 Å². The molecule has 0 saturated heterocycles. The standard InChI is InChI=1S/C14H16INO2/c1-2-8-17-12-5-3-4-11(9-12)16-10-13-6-7-14(15)18-13/h3-7,9,16H,2,8,10H2,1H3. The van der Waals surface area contributed by atoms with E-state index in [2.05, 4.69) is 34.8 Å². The molecule has 96 valence electrons. The van der Waals surface area contributed by atoms with E-state index in [4.69, 9.17) is 9.15 Å². The molecular weight excluding hydrogens is 341 g/mol. The van der Waals surface area contributed by atoms with Crippen LogP contribution in [0.3, 0.4) is 0 Å². The first-order chi connectivity index (χ1) is 8.78. The second kappa shape index (κ2) is 6.68. The van der Waals surface area contributed by atoms with E-state index in [-0.39, 0.29) is 0 Å². The van der Waals surface area contributed by atoms with Crippen molar-refractivity contribution in [1.29, 1.82) is 0 Å². The monoisotopic (exact) mass is 357 g/mol. The number of nitrogens with one attached hydrogen (secondary N) is 1. The van der Waals surface area contributed by atoms with Crippen LogP contribution in [0.2, 0.25) is 0 Å². The summed E-state index contributed by atoms with van der Waals surface area (Å²) in [6, 6.07) is 11.9. The highest BCUT2D eigenvalue weighted by Gasteiger charge is 2.00. The molecule has 0 saturated carbocycles. The van der Waals surface area contributed by atoms with Crippen LogP contribution in [-0.4, -0.2) is 6.61 Å². The van der Waals surface area contributed by atoms with Crippen molar-refractivity contribution in [2.75, 3.05) is 11.9 Å². The molecule has 0 atom stereocenters. The van der Waals surface area contributed by atoms with Crippen molar-refractivity contribution in [2.24, 2.45) is 0 Å². The SMILES string of the molecule is CCCOc1cccc(NCc2ccc(I)o2)c1. The van der Waals surface area contributed by atoms with Crippen molar-refractivity contribution in [2.45, 2.75) is 19.9 Å². The van der Waals surface area contributed by atoms with E-state index in [0.717, 1.165) is 34.0 Å². The van der Waals surface area contributed by atoms with Crippen molar-refractivity contribution in [3.8, 4) is 5.75 Å². The number of halogens is 1. The Balaban J connectivity index is 1.92. The third kappa shape index (κ3) is 3.94. The van der Waals surface area contributed by atoms with Crippen molar-refractivity contribution in [3.63, 3.8) is 0 Å². The minimum absolute atomic E-state index is 0.681. The number of anilines is 1. The zero-order valence-corrected chi connectivity index (χ0v) is 12.4. The summed E-state index contributed by atoms with van der Waals surface area (Å²) < 4.78 is 12.0. The first-order valence-corrected chi connectivity index (χ1v) is 7.07. The van der Waals surface area contributed by atoms with E-state index in [9.17, 15) is 0 Å². The first-order valence-electron chi connectivity index (χ1n) is 5.99. The molecule has 1 aromatic heterocycles. The molecule has 2 rings (SSSR count). The molecule has 0 unspecified atom stereocenters. The summed E-state index contributed by atoms with van der Waals surface area (Å²) in [5.74, 6) is 1.83. The van der Waals surface area contributed by atoms with Crippen molar-refractivity contribution in [1.82, 2.24) is 0 Å². The molecule has 3 nitrogen and oxygen atoms in total. The molecule has 0 aliphatic heterocycles. The van der Waals surface area contributed by atoms with E-state index in [1.165, 1.54) is 0 Å². The summed E-state index contributed by atoms with van der Waals surface area (Å²) in [6.07, 6.45) is 1.02. The number of ether oxygens (including phenoxy) is 1. The average molecular weight is 357 g/mol. The van der Waals surface area contributed by atoms with E-state index in [1.807, 2.05) is 36.4 Å². The van der Waals surface area contributed by atoms with Crippen LogP contribution in [0.4, 0.5) is 5.69 Å². The maximum atomic E-state index is 5.59. The second-order valence-electron chi connectivity index (χ2n) is 3.94. The van der Waals surface area contributed by atoms with Gasteiger partial charge in [0.25, 0.3) is 0 Å². The zero-order chi connectivity index (χ0) is 12.8. The molecule has 0 aliphatic rings. The van der Waals surface area contributed by atoms with Gasteiger partial charge in [-0.2, -0.15) is 0 Å². The summed E-state index contributed by atoms with van der Waals surface area (Å²) in [7, 11) is 0. The lowest BCUT2D eigenvalue weighted by Gasteiger charge is -2.08. The van der Waals surface area contributed by atoms with Gasteiger partial charge in [0.1, 0.15) is 11.5 Å². The van der Waals surface area contributed by atoms with Crippen molar-refractivity contribution >= 4 is 28.3 Å². The van der Waals surface area contributed by atoms with Gasteiger partial charge >= 0.3 is 0 Å². The van der Waals surface area contributed by atoms with Crippen molar-refractivity contribution < 1.29 is 9.15 Å². The minimum atomic E-state index is 0.681. The molecule has 0 bridgehead atoms. The lowest BCUT2D eigenvalue weighted by Crippen LogP contribution is -1.99. The molecule has 1 N–H and O–H groups in total. The molecule has 0 spiro atoms. The molecule has 0 amide bonds. The van der Waals surface area contributed by atoms with Crippen LogP contribution in [-0.2, 0) is 6.54 Å². The molecule has 4 heteroatoms. The van der Waals surface area contributed by atoms with Gasteiger partial charge in [0, 0.05) is 11.8 Å². The van der Waals surface area contributed by atoms with Crippen LogP contribution in [0.15, 0.2) is 40.8 Å².